The summed E-state index contributed by atoms with van der Waals surface area (Å²) in [7, 11) is 1.97. The zero-order valence-corrected chi connectivity index (χ0v) is 15.6. The van der Waals surface area contributed by atoms with Crippen LogP contribution < -0.4 is 10.6 Å². The molecule has 0 radical (unpaired) electrons. The van der Waals surface area contributed by atoms with Crippen molar-refractivity contribution in [3.63, 3.8) is 0 Å². The first-order valence-electron chi connectivity index (χ1n) is 8.89. The Kier molecular flexibility index (Phi) is 4.88. The van der Waals surface area contributed by atoms with Crippen LogP contribution in [0, 0.1) is 0 Å². The standard InChI is InChI=1S/C18H23N5O2S/c1-22(11-15-13-6-9-26-16(13)5-8-25-15)17-3-2-14(20-21-17)18(24)23-7-4-12(19)10-23/h2-3,6,9,12,15H,4-5,7-8,10-11,19H2,1H3. The molecule has 2 aliphatic rings. The number of carbonyl (C=O) groups excluding carboxylic acids is 1. The number of likely N-dealkylation sites (N-methyl/N-ethyl adjacent to an activating group) is 1. The molecule has 2 unspecified atom stereocenters. The first-order valence-corrected chi connectivity index (χ1v) is 9.77. The summed E-state index contributed by atoms with van der Waals surface area (Å²) in [6, 6.07) is 5.79. The maximum absolute atomic E-state index is 12.4. The van der Waals surface area contributed by atoms with Gasteiger partial charge in [0.15, 0.2) is 11.5 Å². The van der Waals surface area contributed by atoms with Gasteiger partial charge in [-0.15, -0.1) is 21.5 Å². The largest absolute Gasteiger partial charge is 0.371 e. The minimum atomic E-state index is -0.0989. The molecule has 2 atom stereocenters. The lowest BCUT2D eigenvalue weighted by Crippen LogP contribution is -2.33. The van der Waals surface area contributed by atoms with Crippen molar-refractivity contribution in [2.24, 2.45) is 5.73 Å². The van der Waals surface area contributed by atoms with Crippen molar-refractivity contribution in [2.45, 2.75) is 25.0 Å². The second-order valence-electron chi connectivity index (χ2n) is 6.87. The summed E-state index contributed by atoms with van der Waals surface area (Å²) >= 11 is 1.79. The molecule has 4 rings (SSSR count). The lowest BCUT2D eigenvalue weighted by atomic mass is 10.1. The Morgan fingerprint density at radius 1 is 1.42 bits per heavy atom. The summed E-state index contributed by atoms with van der Waals surface area (Å²) in [6.07, 6.45) is 1.87. The third-order valence-electron chi connectivity index (χ3n) is 4.99. The van der Waals surface area contributed by atoms with Crippen LogP contribution in [0.3, 0.4) is 0 Å². The van der Waals surface area contributed by atoms with Crippen molar-refractivity contribution >= 4 is 23.1 Å². The molecule has 0 aliphatic carbocycles. The molecule has 0 spiro atoms. The highest BCUT2D eigenvalue weighted by molar-refractivity contribution is 7.10. The quantitative estimate of drug-likeness (QED) is 0.873. The molecule has 7 nitrogen and oxygen atoms in total. The number of hydrogen-bond acceptors (Lipinski definition) is 7. The Bertz CT molecular complexity index is 778. The number of nitrogens with zero attached hydrogens (tertiary/aromatic N) is 4. The monoisotopic (exact) mass is 373 g/mol. The van der Waals surface area contributed by atoms with Crippen molar-refractivity contribution < 1.29 is 9.53 Å². The van der Waals surface area contributed by atoms with Gasteiger partial charge in [-0.1, -0.05) is 0 Å². The van der Waals surface area contributed by atoms with E-state index in [-0.39, 0.29) is 18.1 Å². The Morgan fingerprint density at radius 3 is 3.04 bits per heavy atom. The third kappa shape index (κ3) is 3.44. The van der Waals surface area contributed by atoms with Crippen LogP contribution in [0.5, 0.6) is 0 Å². The van der Waals surface area contributed by atoms with Gasteiger partial charge in [0.05, 0.1) is 6.61 Å². The predicted molar refractivity (Wildman–Crippen MR) is 101 cm³/mol. The fourth-order valence-corrected chi connectivity index (χ4v) is 4.41. The SMILES string of the molecule is CN(CC1OCCc2sccc21)c1ccc(C(=O)N2CCC(N)C2)nn1. The number of ether oxygens (including phenoxy) is 1. The fraction of sp³-hybridized carbons (Fsp3) is 0.500. The van der Waals surface area contributed by atoms with E-state index in [2.05, 4.69) is 21.6 Å². The number of nitrogens with two attached hydrogens (primary N) is 1. The van der Waals surface area contributed by atoms with E-state index in [4.69, 9.17) is 10.5 Å². The maximum Gasteiger partial charge on any atom is 0.274 e. The van der Waals surface area contributed by atoms with Crippen LogP contribution in [0.2, 0.25) is 0 Å². The Labute approximate surface area is 156 Å². The van der Waals surface area contributed by atoms with E-state index in [0.717, 1.165) is 25.3 Å². The summed E-state index contributed by atoms with van der Waals surface area (Å²) in [6.45, 7) is 2.73. The van der Waals surface area contributed by atoms with Gasteiger partial charge in [0.1, 0.15) is 6.10 Å². The number of fused-ring (bicyclic) bond motifs is 1. The van der Waals surface area contributed by atoms with E-state index in [9.17, 15) is 4.79 Å². The van der Waals surface area contributed by atoms with Gasteiger partial charge < -0.3 is 20.3 Å². The van der Waals surface area contributed by atoms with Crippen LogP contribution in [0.1, 0.15) is 33.5 Å². The fourth-order valence-electron chi connectivity index (χ4n) is 3.49. The number of hydrogen-bond donors (Lipinski definition) is 1. The van der Waals surface area contributed by atoms with Crippen molar-refractivity contribution in [3.05, 3.63) is 39.7 Å². The lowest BCUT2D eigenvalue weighted by molar-refractivity contribution is 0.0490. The number of anilines is 1. The van der Waals surface area contributed by atoms with Gasteiger partial charge in [0.2, 0.25) is 0 Å². The van der Waals surface area contributed by atoms with Gasteiger partial charge in [-0.05, 0) is 35.6 Å². The minimum Gasteiger partial charge on any atom is -0.371 e. The molecule has 2 aliphatic heterocycles. The number of thiophene rings is 1. The highest BCUT2D eigenvalue weighted by Gasteiger charge is 2.26. The van der Waals surface area contributed by atoms with Gasteiger partial charge >= 0.3 is 0 Å². The van der Waals surface area contributed by atoms with Crippen LogP contribution >= 0.6 is 11.3 Å². The normalized spacial score (nSPS) is 22.3. The maximum atomic E-state index is 12.4. The van der Waals surface area contributed by atoms with Crippen molar-refractivity contribution in [2.75, 3.05) is 38.2 Å². The molecule has 1 fully saturated rings. The van der Waals surface area contributed by atoms with Crippen molar-refractivity contribution in [1.29, 1.82) is 0 Å². The number of aromatic nitrogens is 2. The van der Waals surface area contributed by atoms with Crippen LogP contribution in [0.15, 0.2) is 23.6 Å². The minimum absolute atomic E-state index is 0.0456. The van der Waals surface area contributed by atoms with E-state index in [1.165, 1.54) is 10.4 Å². The van der Waals surface area contributed by atoms with Crippen LogP contribution in [0.25, 0.3) is 0 Å². The molecule has 4 heterocycles. The van der Waals surface area contributed by atoms with Gasteiger partial charge in [-0.3, -0.25) is 4.79 Å². The molecule has 8 heteroatoms. The van der Waals surface area contributed by atoms with E-state index in [0.29, 0.717) is 25.3 Å². The highest BCUT2D eigenvalue weighted by atomic mass is 32.1. The molecule has 1 amide bonds. The second-order valence-corrected chi connectivity index (χ2v) is 7.87. The van der Waals surface area contributed by atoms with Crippen molar-refractivity contribution in [1.82, 2.24) is 15.1 Å². The molecule has 2 aromatic rings. The Hall–Kier alpha value is -2.03. The molecule has 0 bridgehead atoms. The molecule has 2 aromatic heterocycles. The van der Waals surface area contributed by atoms with E-state index >= 15 is 0 Å². The number of likely N-dealkylation sites (tertiary alicyclic amines) is 1. The molecule has 0 aromatic carbocycles. The molecular weight excluding hydrogens is 350 g/mol. The summed E-state index contributed by atoms with van der Waals surface area (Å²) in [5.41, 5.74) is 7.51. The summed E-state index contributed by atoms with van der Waals surface area (Å²) < 4.78 is 5.94. The molecule has 138 valence electrons. The lowest BCUT2D eigenvalue weighted by Gasteiger charge is -2.28. The molecule has 2 N–H and O–H groups in total. The molecule has 1 saturated heterocycles. The second kappa shape index (κ2) is 7.30. The van der Waals surface area contributed by atoms with Gasteiger partial charge in [0, 0.05) is 44.0 Å². The van der Waals surface area contributed by atoms with Crippen molar-refractivity contribution in [3.8, 4) is 0 Å². The summed E-state index contributed by atoms with van der Waals surface area (Å²) in [5, 5.41) is 10.5. The molecular formula is C18H23N5O2S. The Morgan fingerprint density at radius 2 is 2.31 bits per heavy atom. The number of carbonyl (C=O) groups is 1. The number of rotatable bonds is 4. The average molecular weight is 373 g/mol. The van der Waals surface area contributed by atoms with Gasteiger partial charge in [-0.25, -0.2) is 0 Å². The van der Waals surface area contributed by atoms with Crippen LogP contribution in [-0.4, -0.2) is 60.3 Å². The van der Waals surface area contributed by atoms with Gasteiger partial charge in [-0.2, -0.15) is 0 Å². The first-order chi connectivity index (χ1) is 12.6. The third-order valence-corrected chi connectivity index (χ3v) is 5.98. The smallest absolute Gasteiger partial charge is 0.274 e. The number of amides is 1. The first kappa shape index (κ1) is 17.4. The van der Waals surface area contributed by atoms with E-state index in [1.807, 2.05) is 18.0 Å². The van der Waals surface area contributed by atoms with Crippen LogP contribution in [-0.2, 0) is 11.2 Å². The molecule has 26 heavy (non-hydrogen) atoms. The molecule has 0 saturated carbocycles. The van der Waals surface area contributed by atoms with E-state index < -0.39 is 0 Å². The predicted octanol–water partition coefficient (Wildman–Crippen LogP) is 1.46. The topological polar surface area (TPSA) is 84.6 Å². The van der Waals surface area contributed by atoms with Crippen LogP contribution in [0.4, 0.5) is 5.82 Å². The highest BCUT2D eigenvalue weighted by Crippen LogP contribution is 2.31. The summed E-state index contributed by atoms with van der Waals surface area (Å²) in [5.74, 6) is 0.629. The van der Waals surface area contributed by atoms with E-state index in [1.54, 1.807) is 22.3 Å². The average Bonchev–Trinajstić information content (AvgIpc) is 3.30. The van der Waals surface area contributed by atoms with Gasteiger partial charge in [0.25, 0.3) is 5.91 Å². The Balaban J connectivity index is 1.41. The zero-order chi connectivity index (χ0) is 18.1. The summed E-state index contributed by atoms with van der Waals surface area (Å²) in [4.78, 5) is 17.6. The zero-order valence-electron chi connectivity index (χ0n) is 14.8.